The zero-order chi connectivity index (χ0) is 80.0. The highest BCUT2D eigenvalue weighted by Crippen LogP contribution is 2.45. The third-order valence-corrected chi connectivity index (χ3v) is 23.8. The Labute approximate surface area is 670 Å². The van der Waals surface area contributed by atoms with E-state index in [0.29, 0.717) is 25.7 Å². The van der Waals surface area contributed by atoms with Crippen molar-refractivity contribution in [1.82, 2.24) is 0 Å². The van der Waals surface area contributed by atoms with Crippen LogP contribution in [0, 0.1) is 17.8 Å². The molecule has 0 saturated carbocycles. The van der Waals surface area contributed by atoms with E-state index in [1.807, 2.05) is 0 Å². The van der Waals surface area contributed by atoms with E-state index in [9.17, 15) is 43.2 Å². The van der Waals surface area contributed by atoms with E-state index < -0.39 is 97.5 Å². The molecule has 0 aliphatic heterocycles. The number of hydrogen-bond acceptors (Lipinski definition) is 15. The third-order valence-electron chi connectivity index (χ3n) is 21.9. The Bertz CT molecular complexity index is 2100. The highest BCUT2D eigenvalue weighted by atomic mass is 31.2. The minimum atomic E-state index is -4.97. The number of hydrogen-bond donors (Lipinski definition) is 3. The van der Waals surface area contributed by atoms with Crippen LogP contribution < -0.4 is 0 Å². The monoisotopic (exact) mass is 1590 g/mol. The summed E-state index contributed by atoms with van der Waals surface area (Å²) in [4.78, 5) is 73.3. The van der Waals surface area contributed by atoms with Gasteiger partial charge in [0, 0.05) is 25.7 Å². The molecule has 0 aromatic carbocycles. The molecule has 0 aliphatic carbocycles. The number of phosphoric ester groups is 2. The smallest absolute Gasteiger partial charge is 0.462 e. The van der Waals surface area contributed by atoms with Crippen molar-refractivity contribution in [3.05, 3.63) is 0 Å². The predicted molar refractivity (Wildman–Crippen MR) is 451 cm³/mol. The molecule has 0 rings (SSSR count). The first-order chi connectivity index (χ1) is 52.8. The highest BCUT2D eigenvalue weighted by Gasteiger charge is 2.31. The van der Waals surface area contributed by atoms with Crippen LogP contribution in [0.2, 0.25) is 0 Å². The lowest BCUT2D eigenvalue weighted by Crippen LogP contribution is -2.30. The van der Waals surface area contributed by atoms with Crippen LogP contribution in [0.4, 0.5) is 0 Å². The minimum Gasteiger partial charge on any atom is -0.462 e. The average molecular weight is 1590 g/mol. The molecule has 0 radical (unpaired) electrons. The molecule has 109 heavy (non-hydrogen) atoms. The van der Waals surface area contributed by atoms with Gasteiger partial charge in [-0.15, -0.1) is 0 Å². The lowest BCUT2D eigenvalue weighted by Gasteiger charge is -2.21. The Morgan fingerprint density at radius 2 is 0.468 bits per heavy atom. The molecule has 19 heteroatoms. The largest absolute Gasteiger partial charge is 0.472 e. The van der Waals surface area contributed by atoms with Crippen LogP contribution in [0.5, 0.6) is 0 Å². The number of carbonyl (C=O) groups is 4. The summed E-state index contributed by atoms with van der Waals surface area (Å²) in [6.45, 7) is 12.1. The van der Waals surface area contributed by atoms with Crippen LogP contribution in [0.1, 0.15) is 479 Å². The summed E-state index contributed by atoms with van der Waals surface area (Å²) in [6, 6.07) is 0. The Morgan fingerprint density at radius 1 is 0.266 bits per heavy atom. The molecular weight excluding hydrogens is 1410 g/mol. The van der Waals surface area contributed by atoms with Gasteiger partial charge in [-0.1, -0.05) is 427 Å². The van der Waals surface area contributed by atoms with Gasteiger partial charge in [-0.2, -0.15) is 0 Å². The topological polar surface area (TPSA) is 237 Å². The van der Waals surface area contributed by atoms with Gasteiger partial charge in [0.2, 0.25) is 0 Å². The molecule has 0 saturated heterocycles. The molecule has 17 nitrogen and oxygen atoms in total. The van der Waals surface area contributed by atoms with Crippen molar-refractivity contribution in [2.45, 2.75) is 497 Å². The maximum atomic E-state index is 13.2. The van der Waals surface area contributed by atoms with E-state index in [2.05, 4.69) is 48.5 Å². The number of phosphoric acid groups is 2. The molecule has 0 fully saturated rings. The first-order valence-corrected chi connectivity index (χ1v) is 49.4. The summed E-state index contributed by atoms with van der Waals surface area (Å²) in [5.74, 6) is 0.324. The SMILES string of the molecule is CCCCCCCCCCCCCCCCCCC(=O)O[C@H](COC(=O)CCCCCCCCC(C)CC)COP(=O)(O)OC[C@H](O)COP(=O)(O)OC[C@@H](COC(=O)CCCCCCCCCCCCCCCCCCCCC(C)C)OC(=O)CCCCCCCCCCCCCCCCCCCCC(C)CC. The summed E-state index contributed by atoms with van der Waals surface area (Å²) in [6.07, 6.45) is 72.3. The average Bonchev–Trinajstić information content (AvgIpc) is 0.897. The number of esters is 4. The number of aliphatic hydroxyl groups is 1. The van der Waals surface area contributed by atoms with Gasteiger partial charge in [-0.3, -0.25) is 37.3 Å². The number of rotatable bonds is 88. The molecular formula is C90H176O17P2. The first kappa shape index (κ1) is 107. The fourth-order valence-electron chi connectivity index (χ4n) is 14.0. The fraction of sp³-hybridized carbons (Fsp3) is 0.956. The van der Waals surface area contributed by atoms with Gasteiger partial charge >= 0.3 is 39.5 Å². The first-order valence-electron chi connectivity index (χ1n) is 46.4. The molecule has 0 spiro atoms. The van der Waals surface area contributed by atoms with Gasteiger partial charge in [0.05, 0.1) is 26.4 Å². The fourth-order valence-corrected chi connectivity index (χ4v) is 15.6. The summed E-state index contributed by atoms with van der Waals surface area (Å²) in [5.41, 5.74) is 0. The maximum absolute atomic E-state index is 13.2. The second kappa shape index (κ2) is 79.9. The van der Waals surface area contributed by atoms with Crippen molar-refractivity contribution < 1.29 is 80.2 Å². The number of ether oxygens (including phenoxy) is 4. The number of unbranched alkanes of at least 4 members (excludes halogenated alkanes) is 54. The van der Waals surface area contributed by atoms with Gasteiger partial charge in [0.15, 0.2) is 12.2 Å². The van der Waals surface area contributed by atoms with Crippen LogP contribution >= 0.6 is 15.6 Å². The summed E-state index contributed by atoms with van der Waals surface area (Å²) >= 11 is 0. The highest BCUT2D eigenvalue weighted by molar-refractivity contribution is 7.47. The van der Waals surface area contributed by atoms with Gasteiger partial charge in [-0.25, -0.2) is 9.13 Å². The van der Waals surface area contributed by atoms with Gasteiger partial charge < -0.3 is 33.8 Å². The van der Waals surface area contributed by atoms with Crippen molar-refractivity contribution in [2.24, 2.45) is 17.8 Å². The lowest BCUT2D eigenvalue weighted by molar-refractivity contribution is -0.161. The summed E-state index contributed by atoms with van der Waals surface area (Å²) in [7, 11) is -9.93. The Hall–Kier alpha value is -1.94. The molecule has 4 unspecified atom stereocenters. The quantitative estimate of drug-likeness (QED) is 0.0222. The molecule has 0 bridgehead atoms. The number of carbonyl (C=O) groups excluding carboxylic acids is 4. The van der Waals surface area contributed by atoms with Crippen molar-refractivity contribution in [3.8, 4) is 0 Å². The van der Waals surface area contributed by atoms with Gasteiger partial charge in [-0.05, 0) is 43.4 Å². The molecule has 0 aromatic rings. The van der Waals surface area contributed by atoms with Crippen molar-refractivity contribution in [1.29, 1.82) is 0 Å². The molecule has 7 atom stereocenters. The van der Waals surface area contributed by atoms with Crippen molar-refractivity contribution >= 4 is 39.5 Å². The summed E-state index contributed by atoms with van der Waals surface area (Å²) < 4.78 is 69.0. The molecule has 0 heterocycles. The van der Waals surface area contributed by atoms with E-state index in [1.54, 1.807) is 0 Å². The van der Waals surface area contributed by atoms with Gasteiger partial charge in [0.25, 0.3) is 0 Å². The Balaban J connectivity index is 5.22. The van der Waals surface area contributed by atoms with E-state index in [1.165, 1.54) is 283 Å². The second-order valence-electron chi connectivity index (χ2n) is 33.3. The van der Waals surface area contributed by atoms with E-state index in [0.717, 1.165) is 114 Å². The normalized spacial score (nSPS) is 14.3. The van der Waals surface area contributed by atoms with E-state index in [-0.39, 0.29) is 25.7 Å². The molecule has 648 valence electrons. The minimum absolute atomic E-state index is 0.108. The van der Waals surface area contributed by atoms with Crippen LogP contribution in [-0.2, 0) is 65.4 Å². The Kier molecular flexibility index (Phi) is 78.5. The standard InChI is InChI=1S/C90H176O17P2/c1-8-11-12-13-14-15-16-17-18-29-35-40-45-50-59-66-74-90(95)107-86(78-101-88(93)72-65-58-53-52-56-63-70-83(7)10-3)80-105-109(98,99)103-76-84(91)75-102-108(96,97)104-79-85(77-100-87(92)71-64-57-49-44-39-34-30-25-21-19-23-27-32-37-42-47-54-61-68-81(4)5)106-89(94)73-67-60-51-46-41-36-31-26-22-20-24-28-33-38-43-48-55-62-69-82(6)9-2/h81-86,91H,8-80H2,1-7H3,(H,96,97)(H,98,99)/t82?,83?,84-,85-,86-/m1/s1. The molecule has 3 N–H and O–H groups in total. The molecule has 0 aromatic heterocycles. The number of aliphatic hydroxyl groups excluding tert-OH is 1. The Morgan fingerprint density at radius 3 is 0.697 bits per heavy atom. The van der Waals surface area contributed by atoms with Crippen LogP contribution in [0.3, 0.4) is 0 Å². The molecule has 0 aliphatic rings. The zero-order valence-corrected chi connectivity index (χ0v) is 73.8. The molecule has 0 amide bonds. The van der Waals surface area contributed by atoms with Crippen LogP contribution in [0.25, 0.3) is 0 Å². The third kappa shape index (κ3) is 81.0. The van der Waals surface area contributed by atoms with Crippen LogP contribution in [0.15, 0.2) is 0 Å². The maximum Gasteiger partial charge on any atom is 0.472 e. The second-order valence-corrected chi connectivity index (χ2v) is 36.2. The van der Waals surface area contributed by atoms with E-state index in [4.69, 9.17) is 37.0 Å². The zero-order valence-electron chi connectivity index (χ0n) is 72.0. The van der Waals surface area contributed by atoms with Crippen molar-refractivity contribution in [2.75, 3.05) is 39.6 Å². The predicted octanol–water partition coefficient (Wildman–Crippen LogP) is 27.6. The van der Waals surface area contributed by atoms with Crippen molar-refractivity contribution in [3.63, 3.8) is 0 Å². The van der Waals surface area contributed by atoms with Gasteiger partial charge in [0.1, 0.15) is 19.3 Å². The van der Waals surface area contributed by atoms with E-state index >= 15 is 0 Å². The summed E-state index contributed by atoms with van der Waals surface area (Å²) in [5, 5.41) is 10.7. The lowest BCUT2D eigenvalue weighted by atomic mass is 9.99. The van der Waals surface area contributed by atoms with Crippen LogP contribution in [-0.4, -0.2) is 96.7 Å².